The second-order valence-electron chi connectivity index (χ2n) is 3.20. The molecule has 4 heteroatoms. The number of halogens is 2. The molecule has 0 amide bonds. The first-order valence-electron chi connectivity index (χ1n) is 4.80. The van der Waals surface area contributed by atoms with Crippen LogP contribution in [0.5, 0.6) is 5.75 Å². The fourth-order valence-electron chi connectivity index (χ4n) is 1.63. The zero-order valence-corrected chi connectivity index (χ0v) is 8.72. The lowest BCUT2D eigenvalue weighted by Crippen LogP contribution is -2.04. The van der Waals surface area contributed by atoms with Crippen LogP contribution in [0, 0.1) is 0 Å². The molecule has 0 heterocycles. The molecule has 0 atom stereocenters. The van der Waals surface area contributed by atoms with E-state index < -0.39 is 13.3 Å². The highest BCUT2D eigenvalue weighted by atomic mass is 19.1. The van der Waals surface area contributed by atoms with E-state index in [1.54, 1.807) is 12.1 Å². The molecule has 2 N–H and O–H groups in total. The van der Waals surface area contributed by atoms with E-state index in [1.807, 2.05) is 0 Å². The lowest BCUT2D eigenvalue weighted by Gasteiger charge is -2.14. The molecule has 0 unspecified atom stereocenters. The summed E-state index contributed by atoms with van der Waals surface area (Å²) in [6, 6.07) is 3.38. The quantitative estimate of drug-likeness (QED) is 0.765. The van der Waals surface area contributed by atoms with Crippen molar-refractivity contribution in [3.8, 4) is 5.75 Å². The van der Waals surface area contributed by atoms with Crippen LogP contribution in [0.25, 0.3) is 0 Å². The number of nitrogens with two attached hydrogens (primary N) is 1. The predicted molar refractivity (Wildman–Crippen MR) is 56.8 cm³/mol. The van der Waals surface area contributed by atoms with Gasteiger partial charge in [0.15, 0.2) is 0 Å². The maximum absolute atomic E-state index is 12.4. The Hall–Kier alpha value is -1.32. The number of nitrogen functional groups attached to an aromatic ring is 1. The molecule has 0 saturated carbocycles. The number of benzene rings is 1. The highest BCUT2D eigenvalue weighted by Crippen LogP contribution is 2.30. The van der Waals surface area contributed by atoms with Crippen LogP contribution in [0.3, 0.4) is 0 Å². The molecule has 0 bridgehead atoms. The zero-order valence-electron chi connectivity index (χ0n) is 8.72. The lowest BCUT2D eigenvalue weighted by molar-refractivity contribution is 0.404. The van der Waals surface area contributed by atoms with Crippen molar-refractivity contribution in [2.24, 2.45) is 0 Å². The van der Waals surface area contributed by atoms with Crippen molar-refractivity contribution in [3.05, 3.63) is 23.3 Å². The summed E-state index contributed by atoms with van der Waals surface area (Å²) < 4.78 is 29.7. The fourth-order valence-corrected chi connectivity index (χ4v) is 1.63. The summed E-state index contributed by atoms with van der Waals surface area (Å²) in [5, 5.41) is 0. The largest absolute Gasteiger partial charge is 0.494 e. The Morgan fingerprint density at radius 1 is 1.20 bits per heavy atom. The second-order valence-corrected chi connectivity index (χ2v) is 3.20. The van der Waals surface area contributed by atoms with Gasteiger partial charge in [-0.25, -0.2) is 0 Å². The molecule has 1 aromatic carbocycles. The Labute approximate surface area is 88.0 Å². The molecular weight excluding hydrogens is 200 g/mol. The first-order chi connectivity index (χ1) is 7.24. The van der Waals surface area contributed by atoms with Gasteiger partial charge in [-0.3, -0.25) is 8.78 Å². The third-order valence-electron chi connectivity index (χ3n) is 2.30. The maximum Gasteiger partial charge on any atom is 0.145 e. The van der Waals surface area contributed by atoms with E-state index in [4.69, 9.17) is 10.5 Å². The molecule has 0 aromatic heterocycles. The molecular formula is C11H15F2NO. The maximum atomic E-state index is 12.4. The van der Waals surface area contributed by atoms with E-state index in [0.717, 1.165) is 5.56 Å². The standard InChI is InChI=1S/C11H15F2NO/c1-15-11-9(5-7-13)8(4-6-12)2-3-10(11)14/h2-3H,4-7,14H2,1H3. The van der Waals surface area contributed by atoms with E-state index in [-0.39, 0.29) is 12.8 Å². The Kier molecular flexibility index (Phi) is 4.34. The number of methoxy groups -OCH3 is 1. The molecule has 0 aliphatic rings. The van der Waals surface area contributed by atoms with Gasteiger partial charge in [-0.1, -0.05) is 6.07 Å². The van der Waals surface area contributed by atoms with Crippen molar-refractivity contribution in [2.75, 3.05) is 26.2 Å². The smallest absolute Gasteiger partial charge is 0.145 e. The van der Waals surface area contributed by atoms with Crippen LogP contribution in [-0.2, 0) is 12.8 Å². The van der Waals surface area contributed by atoms with Gasteiger partial charge in [0.05, 0.1) is 26.1 Å². The number of aryl methyl sites for hydroxylation is 1. The first-order valence-corrected chi connectivity index (χ1v) is 4.80. The topological polar surface area (TPSA) is 35.2 Å². The van der Waals surface area contributed by atoms with Gasteiger partial charge in [0, 0.05) is 18.4 Å². The summed E-state index contributed by atoms with van der Waals surface area (Å²) in [5.74, 6) is 0.471. The molecule has 0 saturated heterocycles. The van der Waals surface area contributed by atoms with Crippen LogP contribution in [0.2, 0.25) is 0 Å². The van der Waals surface area contributed by atoms with Crippen molar-refractivity contribution in [1.82, 2.24) is 0 Å². The van der Waals surface area contributed by atoms with Crippen molar-refractivity contribution in [1.29, 1.82) is 0 Å². The minimum absolute atomic E-state index is 0.212. The van der Waals surface area contributed by atoms with Crippen molar-refractivity contribution >= 4 is 5.69 Å². The van der Waals surface area contributed by atoms with Crippen molar-refractivity contribution < 1.29 is 13.5 Å². The molecule has 1 aromatic rings. The number of rotatable bonds is 5. The van der Waals surface area contributed by atoms with Crippen LogP contribution < -0.4 is 10.5 Å². The normalized spacial score (nSPS) is 10.3. The number of anilines is 1. The molecule has 0 aliphatic carbocycles. The summed E-state index contributed by atoms with van der Waals surface area (Å²) in [4.78, 5) is 0. The number of hydrogen-bond donors (Lipinski definition) is 1. The average Bonchev–Trinajstić information content (AvgIpc) is 2.23. The highest BCUT2D eigenvalue weighted by molar-refractivity contribution is 5.59. The third-order valence-corrected chi connectivity index (χ3v) is 2.30. The molecule has 0 radical (unpaired) electrons. The predicted octanol–water partition coefficient (Wildman–Crippen LogP) is 2.30. The Bertz CT molecular complexity index is 329. The van der Waals surface area contributed by atoms with Gasteiger partial charge in [0.25, 0.3) is 0 Å². The Morgan fingerprint density at radius 3 is 2.40 bits per heavy atom. The van der Waals surface area contributed by atoms with E-state index in [2.05, 4.69) is 0 Å². The minimum Gasteiger partial charge on any atom is -0.494 e. The van der Waals surface area contributed by atoms with Gasteiger partial charge in [-0.15, -0.1) is 0 Å². The van der Waals surface area contributed by atoms with E-state index in [0.29, 0.717) is 17.0 Å². The fraction of sp³-hybridized carbons (Fsp3) is 0.455. The lowest BCUT2D eigenvalue weighted by atomic mass is 10.0. The zero-order chi connectivity index (χ0) is 11.3. The van der Waals surface area contributed by atoms with Gasteiger partial charge in [-0.2, -0.15) is 0 Å². The van der Waals surface area contributed by atoms with Crippen LogP contribution in [0.15, 0.2) is 12.1 Å². The first kappa shape index (κ1) is 11.8. The second kappa shape index (κ2) is 5.53. The summed E-state index contributed by atoms with van der Waals surface area (Å²) in [7, 11) is 1.48. The molecule has 2 nitrogen and oxygen atoms in total. The number of ether oxygens (including phenoxy) is 1. The van der Waals surface area contributed by atoms with Gasteiger partial charge in [0.2, 0.25) is 0 Å². The summed E-state index contributed by atoms with van der Waals surface area (Å²) in [5.41, 5.74) is 7.59. The summed E-state index contributed by atoms with van der Waals surface area (Å²) >= 11 is 0. The monoisotopic (exact) mass is 215 g/mol. The molecule has 15 heavy (non-hydrogen) atoms. The molecule has 1 rings (SSSR count). The molecule has 84 valence electrons. The van der Waals surface area contributed by atoms with Crippen molar-refractivity contribution in [3.63, 3.8) is 0 Å². The van der Waals surface area contributed by atoms with Crippen molar-refractivity contribution in [2.45, 2.75) is 12.8 Å². The molecule has 0 aliphatic heterocycles. The van der Waals surface area contributed by atoms with E-state index >= 15 is 0 Å². The average molecular weight is 215 g/mol. The van der Waals surface area contributed by atoms with Gasteiger partial charge >= 0.3 is 0 Å². The minimum atomic E-state index is -0.501. The highest BCUT2D eigenvalue weighted by Gasteiger charge is 2.12. The van der Waals surface area contributed by atoms with Gasteiger partial charge < -0.3 is 10.5 Å². The SMILES string of the molecule is COc1c(N)ccc(CCF)c1CCF. The molecule has 0 fully saturated rings. The number of hydrogen-bond acceptors (Lipinski definition) is 2. The van der Waals surface area contributed by atoms with Crippen LogP contribution in [-0.4, -0.2) is 20.5 Å². The summed E-state index contributed by atoms with van der Waals surface area (Å²) in [6.07, 6.45) is 0.482. The molecule has 0 spiro atoms. The van der Waals surface area contributed by atoms with Crippen LogP contribution in [0.4, 0.5) is 14.5 Å². The van der Waals surface area contributed by atoms with Gasteiger partial charge in [0.1, 0.15) is 5.75 Å². The van der Waals surface area contributed by atoms with E-state index in [9.17, 15) is 8.78 Å². The van der Waals surface area contributed by atoms with Crippen LogP contribution >= 0.6 is 0 Å². The number of alkyl halides is 2. The van der Waals surface area contributed by atoms with Crippen LogP contribution in [0.1, 0.15) is 11.1 Å². The Balaban J connectivity index is 3.15. The summed E-state index contributed by atoms with van der Waals surface area (Å²) in [6.45, 7) is -0.967. The Morgan fingerprint density at radius 2 is 1.87 bits per heavy atom. The van der Waals surface area contributed by atoms with Gasteiger partial charge in [-0.05, 0) is 11.6 Å². The third kappa shape index (κ3) is 2.58. The van der Waals surface area contributed by atoms with E-state index in [1.165, 1.54) is 7.11 Å².